The number of esters is 1. The predicted octanol–water partition coefficient (Wildman–Crippen LogP) is 5.26. The second-order valence-electron chi connectivity index (χ2n) is 7.97. The van der Waals surface area contributed by atoms with Crippen LogP contribution < -0.4 is 4.74 Å². The van der Waals surface area contributed by atoms with Crippen LogP contribution in [-0.2, 0) is 15.7 Å². The number of nitrogens with zero attached hydrogens (tertiary/aromatic N) is 1. The number of carbonyl (C=O) groups is 1. The Morgan fingerprint density at radius 2 is 1.90 bits per heavy atom. The Morgan fingerprint density at radius 1 is 1.23 bits per heavy atom. The fourth-order valence-corrected chi connectivity index (χ4v) is 3.10. The zero-order valence-corrected chi connectivity index (χ0v) is 18.0. The van der Waals surface area contributed by atoms with Gasteiger partial charge in [0.1, 0.15) is 11.5 Å². The Kier molecular flexibility index (Phi) is 7.12. The van der Waals surface area contributed by atoms with Crippen LogP contribution in [0.1, 0.15) is 12.5 Å². The van der Waals surface area contributed by atoms with E-state index in [1.165, 1.54) is 19.1 Å². The first-order chi connectivity index (χ1) is 13.8. The molecular weight excluding hydrogens is 422 g/mol. The molecule has 0 amide bonds. The van der Waals surface area contributed by atoms with Gasteiger partial charge in [-0.05, 0) is 37.2 Å². The van der Waals surface area contributed by atoms with Gasteiger partial charge in [0.2, 0.25) is 0 Å². The molecule has 2 rings (SSSR count). The predicted molar refractivity (Wildman–Crippen MR) is 105 cm³/mol. The van der Waals surface area contributed by atoms with Crippen LogP contribution in [0.15, 0.2) is 30.5 Å². The standard InChI is InChI=1S/C20H23F4NO4Si/c1-12(19(27)28-7-8-30(2,3)4)29-17-6-5-13(9-16(17)26)18-15(21)10-14(11-25-18)20(22,23)24/h5-6,9-12,26H,7-8H2,1-4H3. The summed E-state index contributed by atoms with van der Waals surface area (Å²) in [7, 11) is -1.36. The van der Waals surface area contributed by atoms with Gasteiger partial charge in [-0.2, -0.15) is 13.2 Å². The number of phenolic OH excluding ortho intramolecular Hbond substituents is 1. The van der Waals surface area contributed by atoms with E-state index in [0.29, 0.717) is 12.3 Å². The molecule has 1 unspecified atom stereocenters. The molecular formula is C20H23F4NO4Si. The molecule has 0 aliphatic carbocycles. The quantitative estimate of drug-likeness (QED) is 0.358. The summed E-state index contributed by atoms with van der Waals surface area (Å²) in [5.74, 6) is -2.25. The molecule has 10 heteroatoms. The molecule has 0 aliphatic rings. The number of hydrogen-bond donors (Lipinski definition) is 1. The molecule has 1 aromatic carbocycles. The summed E-state index contributed by atoms with van der Waals surface area (Å²) < 4.78 is 62.6. The highest BCUT2D eigenvalue weighted by Crippen LogP contribution is 2.35. The largest absolute Gasteiger partial charge is 0.504 e. The van der Waals surface area contributed by atoms with Crippen molar-refractivity contribution >= 4 is 14.0 Å². The monoisotopic (exact) mass is 445 g/mol. The van der Waals surface area contributed by atoms with Gasteiger partial charge in [-0.25, -0.2) is 9.18 Å². The van der Waals surface area contributed by atoms with Gasteiger partial charge in [0.15, 0.2) is 17.6 Å². The van der Waals surface area contributed by atoms with Crippen LogP contribution in [0.5, 0.6) is 11.5 Å². The summed E-state index contributed by atoms with van der Waals surface area (Å²) in [6.45, 7) is 8.19. The van der Waals surface area contributed by atoms with Crippen molar-refractivity contribution < 1.29 is 36.9 Å². The number of halogens is 4. The first-order valence-corrected chi connectivity index (χ1v) is 12.9. The number of rotatable bonds is 7. The minimum absolute atomic E-state index is 0.0523. The minimum atomic E-state index is -4.72. The fourth-order valence-electron chi connectivity index (χ4n) is 2.38. The third-order valence-electron chi connectivity index (χ3n) is 4.13. The van der Waals surface area contributed by atoms with Gasteiger partial charge >= 0.3 is 12.1 Å². The smallest absolute Gasteiger partial charge is 0.417 e. The molecule has 1 atom stereocenters. The van der Waals surface area contributed by atoms with Crippen molar-refractivity contribution in [2.45, 2.75) is 44.9 Å². The van der Waals surface area contributed by atoms with Crippen molar-refractivity contribution in [3.8, 4) is 22.8 Å². The molecule has 0 saturated carbocycles. The van der Waals surface area contributed by atoms with E-state index in [9.17, 15) is 27.5 Å². The first kappa shape index (κ1) is 23.7. The lowest BCUT2D eigenvalue weighted by Gasteiger charge is -2.18. The van der Waals surface area contributed by atoms with Crippen LogP contribution in [0.3, 0.4) is 0 Å². The molecule has 0 fully saturated rings. The van der Waals surface area contributed by atoms with Gasteiger partial charge < -0.3 is 14.6 Å². The lowest BCUT2D eigenvalue weighted by Crippen LogP contribution is -2.29. The van der Waals surface area contributed by atoms with Crippen molar-refractivity contribution in [3.63, 3.8) is 0 Å². The van der Waals surface area contributed by atoms with E-state index in [2.05, 4.69) is 24.6 Å². The third kappa shape index (κ3) is 6.44. The second kappa shape index (κ2) is 9.03. The number of pyridine rings is 1. The molecule has 0 radical (unpaired) electrons. The van der Waals surface area contributed by atoms with E-state index in [4.69, 9.17) is 9.47 Å². The molecule has 5 nitrogen and oxygen atoms in total. The van der Waals surface area contributed by atoms with Gasteiger partial charge in [0.05, 0.1) is 12.2 Å². The maximum absolute atomic E-state index is 14.1. The van der Waals surface area contributed by atoms with Crippen molar-refractivity contribution in [2.75, 3.05) is 6.61 Å². The topological polar surface area (TPSA) is 68.7 Å². The summed E-state index contributed by atoms with van der Waals surface area (Å²) in [5, 5.41) is 10.1. The number of ether oxygens (including phenoxy) is 2. The normalized spacial score (nSPS) is 13.1. The molecule has 164 valence electrons. The van der Waals surface area contributed by atoms with E-state index >= 15 is 0 Å². The van der Waals surface area contributed by atoms with Crippen molar-refractivity contribution in [3.05, 3.63) is 41.8 Å². The number of hydrogen-bond acceptors (Lipinski definition) is 5. The molecule has 1 aromatic heterocycles. The highest BCUT2D eigenvalue weighted by atomic mass is 28.3. The fraction of sp³-hybridized carbons (Fsp3) is 0.400. The molecule has 30 heavy (non-hydrogen) atoms. The zero-order valence-electron chi connectivity index (χ0n) is 17.0. The van der Waals surface area contributed by atoms with E-state index in [1.54, 1.807) is 0 Å². The number of aromatic nitrogens is 1. The van der Waals surface area contributed by atoms with Gasteiger partial charge in [0.25, 0.3) is 0 Å². The molecule has 1 N–H and O–H groups in total. The average molecular weight is 445 g/mol. The average Bonchev–Trinajstić information content (AvgIpc) is 2.61. The Morgan fingerprint density at radius 3 is 2.43 bits per heavy atom. The third-order valence-corrected chi connectivity index (χ3v) is 5.84. The van der Waals surface area contributed by atoms with E-state index in [-0.39, 0.29) is 23.6 Å². The summed E-state index contributed by atoms with van der Waals surface area (Å²) in [6.07, 6.45) is -5.20. The Balaban J connectivity index is 2.09. The molecule has 0 bridgehead atoms. The lowest BCUT2D eigenvalue weighted by molar-refractivity contribution is -0.150. The Bertz CT molecular complexity index is 913. The SMILES string of the molecule is CC(Oc1ccc(-c2ncc(C(F)(F)F)cc2F)cc1O)C(=O)OCC[Si](C)(C)C. The zero-order chi connectivity index (χ0) is 22.7. The van der Waals surface area contributed by atoms with Crippen molar-refractivity contribution in [1.82, 2.24) is 4.98 Å². The van der Waals surface area contributed by atoms with E-state index in [0.717, 1.165) is 12.1 Å². The Hall–Kier alpha value is -2.62. The molecule has 2 aromatic rings. The highest BCUT2D eigenvalue weighted by molar-refractivity contribution is 6.76. The van der Waals surface area contributed by atoms with Crippen molar-refractivity contribution in [2.24, 2.45) is 0 Å². The summed E-state index contributed by atoms with van der Waals surface area (Å²) in [6, 6.07) is 4.82. The summed E-state index contributed by atoms with van der Waals surface area (Å²) >= 11 is 0. The molecule has 0 spiro atoms. The summed E-state index contributed by atoms with van der Waals surface area (Å²) in [4.78, 5) is 15.5. The number of alkyl halides is 3. The Labute approximate surface area is 172 Å². The van der Waals surface area contributed by atoms with E-state index in [1.807, 2.05) is 0 Å². The molecule has 1 heterocycles. The van der Waals surface area contributed by atoms with Crippen LogP contribution in [0.2, 0.25) is 25.7 Å². The second-order valence-corrected chi connectivity index (χ2v) is 13.6. The van der Waals surface area contributed by atoms with E-state index < -0.39 is 43.5 Å². The summed E-state index contributed by atoms with van der Waals surface area (Å²) in [5.41, 5.74) is -1.52. The number of phenols is 1. The van der Waals surface area contributed by atoms with Crippen LogP contribution >= 0.6 is 0 Å². The van der Waals surface area contributed by atoms with Gasteiger partial charge in [0, 0.05) is 19.8 Å². The number of carbonyl (C=O) groups excluding carboxylic acids is 1. The van der Waals surface area contributed by atoms with Crippen LogP contribution in [-0.4, -0.2) is 36.8 Å². The maximum atomic E-state index is 14.1. The van der Waals surface area contributed by atoms with Crippen LogP contribution in [0, 0.1) is 5.82 Å². The number of aromatic hydroxyl groups is 1. The lowest BCUT2D eigenvalue weighted by atomic mass is 10.1. The minimum Gasteiger partial charge on any atom is -0.504 e. The highest BCUT2D eigenvalue weighted by Gasteiger charge is 2.32. The van der Waals surface area contributed by atoms with Gasteiger partial charge in [-0.1, -0.05) is 19.6 Å². The van der Waals surface area contributed by atoms with Gasteiger partial charge in [-0.3, -0.25) is 4.98 Å². The number of benzene rings is 1. The van der Waals surface area contributed by atoms with Gasteiger partial charge in [-0.15, -0.1) is 0 Å². The first-order valence-electron chi connectivity index (χ1n) is 9.17. The maximum Gasteiger partial charge on any atom is 0.417 e. The molecule has 0 saturated heterocycles. The van der Waals surface area contributed by atoms with Crippen LogP contribution in [0.4, 0.5) is 17.6 Å². The molecule has 0 aliphatic heterocycles. The van der Waals surface area contributed by atoms with Crippen LogP contribution in [0.25, 0.3) is 11.3 Å². The van der Waals surface area contributed by atoms with Crippen molar-refractivity contribution in [1.29, 1.82) is 0 Å².